The van der Waals surface area contributed by atoms with Gasteiger partial charge in [-0.1, -0.05) is 12.5 Å². The second-order valence-corrected chi connectivity index (χ2v) is 12.9. The molecule has 0 saturated carbocycles. The average Bonchev–Trinajstić information content (AvgIpc) is 3.40. The molecular formula is C30H35F2N6O4S-. The molecule has 43 heavy (non-hydrogen) atoms. The van der Waals surface area contributed by atoms with E-state index in [1.807, 2.05) is 19.2 Å². The fourth-order valence-corrected chi connectivity index (χ4v) is 7.02. The molecule has 0 unspecified atom stereocenters. The largest absolute Gasteiger partial charge is 0.878 e. The number of H-pyrrole nitrogens is 1. The SMILES string of the molecule is CN(CCN1CCCCC1)c1ccc(C(=O)Nc2n[nH]c3c2CN(S(=O)(=O)c2cc(F)cc(F)c2)CC3)c(C/C=C/[O-])c1. The maximum absolute atomic E-state index is 13.8. The molecule has 0 atom stereocenters. The molecule has 10 nitrogen and oxygen atoms in total. The third-order valence-corrected chi connectivity index (χ3v) is 9.84. The van der Waals surface area contributed by atoms with Gasteiger partial charge in [-0.3, -0.25) is 9.89 Å². The number of hydrogen-bond donors (Lipinski definition) is 2. The number of hydrogen-bond acceptors (Lipinski definition) is 7. The van der Waals surface area contributed by atoms with Gasteiger partial charge in [0.25, 0.3) is 5.91 Å². The number of nitrogens with zero attached hydrogens (tertiary/aromatic N) is 4. The van der Waals surface area contributed by atoms with Crippen molar-refractivity contribution in [3.63, 3.8) is 0 Å². The van der Waals surface area contributed by atoms with Gasteiger partial charge in [0.1, 0.15) is 11.6 Å². The van der Waals surface area contributed by atoms with Crippen LogP contribution in [-0.2, 0) is 29.4 Å². The second-order valence-electron chi connectivity index (χ2n) is 10.9. The van der Waals surface area contributed by atoms with E-state index in [0.717, 1.165) is 48.3 Å². The first-order chi connectivity index (χ1) is 20.7. The maximum atomic E-state index is 13.8. The number of allylic oxidation sites excluding steroid dienone is 1. The number of likely N-dealkylation sites (tertiary alicyclic amines) is 1. The Morgan fingerprint density at radius 1 is 1.12 bits per heavy atom. The molecule has 0 bridgehead atoms. The quantitative estimate of drug-likeness (QED) is 0.337. The van der Waals surface area contributed by atoms with Gasteiger partial charge >= 0.3 is 0 Å². The molecule has 13 heteroatoms. The van der Waals surface area contributed by atoms with E-state index in [2.05, 4.69) is 25.3 Å². The molecule has 230 valence electrons. The Bertz CT molecular complexity index is 1580. The number of sulfonamides is 1. The molecule has 1 saturated heterocycles. The molecule has 1 fully saturated rings. The van der Waals surface area contributed by atoms with Gasteiger partial charge in [-0.05, 0) is 68.2 Å². The Balaban J connectivity index is 1.32. The monoisotopic (exact) mass is 613 g/mol. The van der Waals surface area contributed by atoms with E-state index >= 15 is 0 Å². The number of likely N-dealkylation sites (N-methyl/N-ethyl adjacent to an activating group) is 1. The minimum atomic E-state index is -4.21. The molecule has 2 aliphatic rings. The summed E-state index contributed by atoms with van der Waals surface area (Å²) in [7, 11) is -2.21. The van der Waals surface area contributed by atoms with Crippen LogP contribution in [0.15, 0.2) is 53.6 Å². The van der Waals surface area contributed by atoms with Crippen molar-refractivity contribution in [2.24, 2.45) is 0 Å². The molecule has 1 amide bonds. The predicted molar refractivity (Wildman–Crippen MR) is 157 cm³/mol. The van der Waals surface area contributed by atoms with Crippen molar-refractivity contribution in [1.82, 2.24) is 19.4 Å². The predicted octanol–water partition coefficient (Wildman–Crippen LogP) is 3.03. The molecule has 2 aromatic carbocycles. The number of benzene rings is 2. The normalized spacial score (nSPS) is 16.3. The van der Waals surface area contributed by atoms with Crippen LogP contribution >= 0.6 is 0 Å². The number of carbonyl (C=O) groups excluding carboxylic acids is 1. The Kier molecular flexibility index (Phi) is 9.43. The van der Waals surface area contributed by atoms with E-state index in [1.54, 1.807) is 6.07 Å². The van der Waals surface area contributed by atoms with Crippen LogP contribution in [0.25, 0.3) is 0 Å². The molecule has 2 N–H and O–H groups in total. The number of nitrogens with one attached hydrogen (secondary N) is 2. The summed E-state index contributed by atoms with van der Waals surface area (Å²) >= 11 is 0. The summed E-state index contributed by atoms with van der Waals surface area (Å²) in [6.07, 6.45) is 6.39. The van der Waals surface area contributed by atoms with Crippen LogP contribution < -0.4 is 15.3 Å². The zero-order valence-electron chi connectivity index (χ0n) is 24.0. The molecule has 3 heterocycles. The summed E-state index contributed by atoms with van der Waals surface area (Å²) in [5.41, 5.74) is 3.07. The lowest BCUT2D eigenvalue weighted by Gasteiger charge is -2.29. The van der Waals surface area contributed by atoms with Gasteiger partial charge in [-0.15, -0.1) is 0 Å². The number of halogens is 2. The van der Waals surface area contributed by atoms with Crippen LogP contribution in [0.3, 0.4) is 0 Å². The van der Waals surface area contributed by atoms with Crippen LogP contribution in [0.4, 0.5) is 20.3 Å². The highest BCUT2D eigenvalue weighted by Crippen LogP contribution is 2.30. The first-order valence-electron chi connectivity index (χ1n) is 14.3. The summed E-state index contributed by atoms with van der Waals surface area (Å²) in [6, 6.07) is 7.64. The lowest BCUT2D eigenvalue weighted by Crippen LogP contribution is -2.36. The standard InChI is InChI=1S/C30H36F2N6O4S/c1-36(13-14-37-10-3-2-4-11-37)24-7-8-26(21(16-24)6-5-15-39)30(40)33-29-27-20-38(12-9-28(27)34-35-29)43(41,42)25-18-22(31)17-23(32)19-25/h5,7-8,15-19,39H,2-4,6,9-14,20H2,1H3,(H2,33,34,35,40)/p-1/b15-5+. The van der Waals surface area contributed by atoms with Crippen LogP contribution in [0.5, 0.6) is 0 Å². The number of rotatable bonds is 10. The number of aromatic amines is 1. The number of carbonyl (C=O) groups is 1. The Hall–Kier alpha value is -3.81. The first kappa shape index (κ1) is 30.6. The Morgan fingerprint density at radius 2 is 1.86 bits per heavy atom. The molecule has 3 aromatic rings. The maximum Gasteiger partial charge on any atom is 0.257 e. The number of aromatic nitrogens is 2. The van der Waals surface area contributed by atoms with Crippen LogP contribution in [0.1, 0.15) is 46.4 Å². The summed E-state index contributed by atoms with van der Waals surface area (Å²) in [5, 5.41) is 21.0. The van der Waals surface area contributed by atoms with Gasteiger partial charge in [0, 0.05) is 68.2 Å². The number of anilines is 2. The smallest absolute Gasteiger partial charge is 0.257 e. The molecule has 0 radical (unpaired) electrons. The average molecular weight is 614 g/mol. The van der Waals surface area contributed by atoms with E-state index < -0.39 is 32.5 Å². The lowest BCUT2D eigenvalue weighted by atomic mass is 10.0. The van der Waals surface area contributed by atoms with Crippen LogP contribution in [0.2, 0.25) is 0 Å². The second kappa shape index (κ2) is 13.2. The number of fused-ring (bicyclic) bond motifs is 1. The van der Waals surface area contributed by atoms with E-state index in [9.17, 15) is 27.1 Å². The van der Waals surface area contributed by atoms with Crippen molar-refractivity contribution in [3.05, 3.63) is 82.8 Å². The third-order valence-electron chi connectivity index (χ3n) is 8.01. The van der Waals surface area contributed by atoms with Crippen molar-refractivity contribution in [2.45, 2.75) is 43.5 Å². The highest BCUT2D eigenvalue weighted by atomic mass is 32.2. The molecular weight excluding hydrogens is 578 g/mol. The zero-order chi connectivity index (χ0) is 30.6. The Morgan fingerprint density at radius 3 is 2.58 bits per heavy atom. The van der Waals surface area contributed by atoms with E-state index in [0.29, 0.717) is 34.7 Å². The molecule has 1 aromatic heterocycles. The topological polar surface area (TPSA) is 125 Å². The van der Waals surface area contributed by atoms with E-state index in [-0.39, 0.29) is 31.7 Å². The van der Waals surface area contributed by atoms with Gasteiger partial charge < -0.3 is 20.2 Å². The minimum absolute atomic E-state index is 0.0709. The minimum Gasteiger partial charge on any atom is -0.878 e. The van der Waals surface area contributed by atoms with E-state index in [1.165, 1.54) is 25.3 Å². The Labute approximate surface area is 250 Å². The fraction of sp³-hybridized carbons (Fsp3) is 0.400. The van der Waals surface area contributed by atoms with Crippen molar-refractivity contribution in [1.29, 1.82) is 0 Å². The summed E-state index contributed by atoms with van der Waals surface area (Å²) in [4.78, 5) is 17.6. The van der Waals surface area contributed by atoms with Crippen LogP contribution in [0, 0.1) is 11.6 Å². The zero-order valence-corrected chi connectivity index (χ0v) is 24.8. The van der Waals surface area contributed by atoms with Gasteiger partial charge in [0.05, 0.1) is 4.90 Å². The van der Waals surface area contributed by atoms with Gasteiger partial charge in [-0.2, -0.15) is 15.7 Å². The summed E-state index contributed by atoms with van der Waals surface area (Å²) in [6.45, 7) is 3.91. The summed E-state index contributed by atoms with van der Waals surface area (Å²) < 4.78 is 55.0. The first-order valence-corrected chi connectivity index (χ1v) is 15.8. The number of amides is 1. The van der Waals surface area contributed by atoms with Crippen molar-refractivity contribution < 1.29 is 27.1 Å². The van der Waals surface area contributed by atoms with Crippen LogP contribution in [-0.4, -0.2) is 73.5 Å². The lowest BCUT2D eigenvalue weighted by molar-refractivity contribution is -0.275. The van der Waals surface area contributed by atoms with Crippen molar-refractivity contribution in [3.8, 4) is 0 Å². The summed E-state index contributed by atoms with van der Waals surface area (Å²) in [5.74, 6) is -2.28. The third kappa shape index (κ3) is 7.06. The van der Waals surface area contributed by atoms with Gasteiger partial charge in [0.15, 0.2) is 5.82 Å². The molecule has 0 aliphatic carbocycles. The highest BCUT2D eigenvalue weighted by molar-refractivity contribution is 7.89. The van der Waals surface area contributed by atoms with Gasteiger partial charge in [0.2, 0.25) is 10.0 Å². The van der Waals surface area contributed by atoms with Crippen molar-refractivity contribution >= 4 is 27.4 Å². The highest BCUT2D eigenvalue weighted by Gasteiger charge is 2.32. The van der Waals surface area contributed by atoms with Crippen molar-refractivity contribution in [2.75, 3.05) is 50.0 Å². The molecule has 0 spiro atoms. The molecule has 5 rings (SSSR count). The molecule has 2 aliphatic heterocycles. The number of piperidine rings is 1. The van der Waals surface area contributed by atoms with Gasteiger partial charge in [-0.25, -0.2) is 17.2 Å². The fourth-order valence-electron chi connectivity index (χ4n) is 5.57. The van der Waals surface area contributed by atoms with E-state index in [4.69, 9.17) is 0 Å².